The lowest BCUT2D eigenvalue weighted by Gasteiger charge is -2.05. The van der Waals surface area contributed by atoms with Crippen molar-refractivity contribution in [3.05, 3.63) is 41.8 Å². The number of hydrogen-bond donors (Lipinski definition) is 2. The van der Waals surface area contributed by atoms with E-state index in [0.717, 1.165) is 12.8 Å². The number of amides is 2. The lowest BCUT2D eigenvalue weighted by atomic mass is 10.3. The van der Waals surface area contributed by atoms with Crippen LogP contribution in [0.2, 0.25) is 0 Å². The van der Waals surface area contributed by atoms with E-state index in [1.807, 2.05) is 0 Å². The first-order chi connectivity index (χ1) is 11.1. The Kier molecular flexibility index (Phi) is 4.27. The third-order valence-corrected chi connectivity index (χ3v) is 3.26. The minimum atomic E-state index is -0.220. The summed E-state index contributed by atoms with van der Waals surface area (Å²) in [4.78, 5) is 22.7. The molecule has 1 heterocycles. The van der Waals surface area contributed by atoms with Crippen molar-refractivity contribution >= 4 is 17.5 Å². The number of ether oxygens (including phenoxy) is 1. The number of carbonyl (C=O) groups excluding carboxylic acids is 2. The van der Waals surface area contributed by atoms with Gasteiger partial charge in [-0.25, -0.2) is 0 Å². The zero-order valence-electron chi connectivity index (χ0n) is 12.7. The van der Waals surface area contributed by atoms with Gasteiger partial charge in [0.2, 0.25) is 5.91 Å². The Balaban J connectivity index is 1.52. The van der Waals surface area contributed by atoms with Crippen LogP contribution in [0.25, 0.3) is 0 Å². The molecule has 1 aromatic heterocycles. The maximum atomic E-state index is 11.8. The molecule has 2 N–H and O–H groups in total. The standard InChI is InChI=1S/C16H17N3O4/c1-10(20)17-11-4-6-13(7-5-11)22-9-14-8-15(19-23-14)16(21)18-12-2-3-12/h4-8,12H,2-3,9H2,1H3,(H,17,20)(H,18,21). The van der Waals surface area contributed by atoms with E-state index in [-0.39, 0.29) is 30.2 Å². The van der Waals surface area contributed by atoms with Gasteiger partial charge < -0.3 is 19.9 Å². The van der Waals surface area contributed by atoms with E-state index < -0.39 is 0 Å². The fourth-order valence-electron chi connectivity index (χ4n) is 1.97. The van der Waals surface area contributed by atoms with Gasteiger partial charge in [0.25, 0.3) is 5.91 Å². The minimum Gasteiger partial charge on any atom is -0.486 e. The summed E-state index contributed by atoms with van der Waals surface area (Å²) >= 11 is 0. The summed E-state index contributed by atoms with van der Waals surface area (Å²) in [5.74, 6) is 0.746. The number of nitrogens with zero attached hydrogens (tertiary/aromatic N) is 1. The first kappa shape index (κ1) is 15.1. The molecule has 0 aliphatic heterocycles. The lowest BCUT2D eigenvalue weighted by molar-refractivity contribution is -0.114. The lowest BCUT2D eigenvalue weighted by Crippen LogP contribution is -2.25. The Labute approximate surface area is 133 Å². The molecule has 1 aliphatic carbocycles. The normalized spacial score (nSPS) is 13.4. The van der Waals surface area contributed by atoms with Crippen molar-refractivity contribution < 1.29 is 18.8 Å². The highest BCUT2D eigenvalue weighted by atomic mass is 16.5. The van der Waals surface area contributed by atoms with Gasteiger partial charge in [-0.2, -0.15) is 0 Å². The van der Waals surface area contributed by atoms with Gasteiger partial charge in [0.05, 0.1) is 0 Å². The number of carbonyl (C=O) groups is 2. The predicted molar refractivity (Wildman–Crippen MR) is 82.1 cm³/mol. The molecule has 1 aliphatic rings. The number of aromatic nitrogens is 1. The Hall–Kier alpha value is -2.83. The fraction of sp³-hybridized carbons (Fsp3) is 0.312. The summed E-state index contributed by atoms with van der Waals surface area (Å²) in [5.41, 5.74) is 0.958. The predicted octanol–water partition coefficient (Wildman–Crippen LogP) is 2.10. The highest BCUT2D eigenvalue weighted by Crippen LogP contribution is 2.20. The van der Waals surface area contributed by atoms with E-state index in [9.17, 15) is 9.59 Å². The van der Waals surface area contributed by atoms with E-state index in [2.05, 4.69) is 15.8 Å². The molecule has 0 unspecified atom stereocenters. The van der Waals surface area contributed by atoms with Gasteiger partial charge in [-0.05, 0) is 37.1 Å². The summed E-state index contributed by atoms with van der Waals surface area (Å²) in [7, 11) is 0. The van der Waals surface area contributed by atoms with E-state index in [4.69, 9.17) is 9.26 Å². The molecule has 0 saturated heterocycles. The van der Waals surface area contributed by atoms with Crippen LogP contribution < -0.4 is 15.4 Å². The van der Waals surface area contributed by atoms with Crippen molar-refractivity contribution in [1.82, 2.24) is 10.5 Å². The van der Waals surface area contributed by atoms with Gasteiger partial charge in [0.15, 0.2) is 11.5 Å². The third kappa shape index (κ3) is 4.32. The van der Waals surface area contributed by atoms with Gasteiger partial charge in [0.1, 0.15) is 12.4 Å². The van der Waals surface area contributed by atoms with E-state index >= 15 is 0 Å². The largest absolute Gasteiger partial charge is 0.486 e. The molecule has 1 fully saturated rings. The first-order valence-electron chi connectivity index (χ1n) is 7.37. The molecule has 120 valence electrons. The van der Waals surface area contributed by atoms with Crippen LogP contribution in [0.5, 0.6) is 5.75 Å². The molecule has 0 spiro atoms. The van der Waals surface area contributed by atoms with Crippen LogP contribution in [0, 0.1) is 0 Å². The second kappa shape index (κ2) is 6.51. The van der Waals surface area contributed by atoms with Crippen LogP contribution in [0.1, 0.15) is 36.0 Å². The number of benzene rings is 1. The first-order valence-corrected chi connectivity index (χ1v) is 7.37. The van der Waals surface area contributed by atoms with Gasteiger partial charge in [-0.15, -0.1) is 0 Å². The number of anilines is 1. The monoisotopic (exact) mass is 315 g/mol. The van der Waals surface area contributed by atoms with Crippen LogP contribution in [0.4, 0.5) is 5.69 Å². The molecule has 23 heavy (non-hydrogen) atoms. The maximum absolute atomic E-state index is 11.8. The molecule has 1 saturated carbocycles. The second-order valence-corrected chi connectivity index (χ2v) is 5.42. The molecule has 7 nitrogen and oxygen atoms in total. The molecular weight excluding hydrogens is 298 g/mol. The summed E-state index contributed by atoms with van der Waals surface area (Å²) in [6, 6.07) is 8.81. The maximum Gasteiger partial charge on any atom is 0.273 e. The Morgan fingerprint density at radius 3 is 2.70 bits per heavy atom. The summed E-state index contributed by atoms with van der Waals surface area (Å²) in [5, 5.41) is 9.26. The SMILES string of the molecule is CC(=O)Nc1ccc(OCc2cc(C(=O)NC3CC3)no2)cc1. The highest BCUT2D eigenvalue weighted by Gasteiger charge is 2.25. The highest BCUT2D eigenvalue weighted by molar-refractivity contribution is 5.92. The number of rotatable bonds is 6. The van der Waals surface area contributed by atoms with E-state index in [1.165, 1.54) is 6.92 Å². The summed E-state index contributed by atoms with van der Waals surface area (Å²) < 4.78 is 10.7. The fourth-order valence-corrected chi connectivity index (χ4v) is 1.97. The topological polar surface area (TPSA) is 93.5 Å². The van der Waals surface area contributed by atoms with Crippen LogP contribution in [-0.2, 0) is 11.4 Å². The molecule has 0 bridgehead atoms. The van der Waals surface area contributed by atoms with Crippen molar-refractivity contribution in [2.45, 2.75) is 32.4 Å². The minimum absolute atomic E-state index is 0.127. The molecule has 1 aromatic carbocycles. The number of hydrogen-bond acceptors (Lipinski definition) is 5. The van der Waals surface area contributed by atoms with Crippen LogP contribution in [0.3, 0.4) is 0 Å². The Morgan fingerprint density at radius 1 is 1.30 bits per heavy atom. The third-order valence-electron chi connectivity index (χ3n) is 3.26. The quantitative estimate of drug-likeness (QED) is 0.851. The molecular formula is C16H17N3O4. The van der Waals surface area contributed by atoms with Crippen LogP contribution in [0.15, 0.2) is 34.9 Å². The molecule has 2 amide bonds. The van der Waals surface area contributed by atoms with Gasteiger partial charge in [0, 0.05) is 24.7 Å². The van der Waals surface area contributed by atoms with Crippen LogP contribution in [-0.4, -0.2) is 23.0 Å². The molecule has 2 aromatic rings. The summed E-state index contributed by atoms with van der Waals surface area (Å²) in [6.45, 7) is 1.62. The number of nitrogens with one attached hydrogen (secondary N) is 2. The van der Waals surface area contributed by atoms with Crippen molar-refractivity contribution in [2.75, 3.05) is 5.32 Å². The van der Waals surface area contributed by atoms with Crippen molar-refractivity contribution in [2.24, 2.45) is 0 Å². The zero-order valence-corrected chi connectivity index (χ0v) is 12.7. The van der Waals surface area contributed by atoms with Crippen LogP contribution >= 0.6 is 0 Å². The summed E-state index contributed by atoms with van der Waals surface area (Å²) in [6.07, 6.45) is 2.04. The molecule has 7 heteroatoms. The average Bonchev–Trinajstić information content (AvgIpc) is 3.20. The molecule has 0 atom stereocenters. The molecule has 3 rings (SSSR count). The van der Waals surface area contributed by atoms with Crippen molar-refractivity contribution in [1.29, 1.82) is 0 Å². The zero-order chi connectivity index (χ0) is 16.2. The van der Waals surface area contributed by atoms with Gasteiger partial charge >= 0.3 is 0 Å². The van der Waals surface area contributed by atoms with E-state index in [1.54, 1.807) is 30.3 Å². The van der Waals surface area contributed by atoms with Crippen molar-refractivity contribution in [3.8, 4) is 5.75 Å². The smallest absolute Gasteiger partial charge is 0.273 e. The average molecular weight is 315 g/mol. The second-order valence-electron chi connectivity index (χ2n) is 5.42. The molecule has 0 radical (unpaired) electrons. The Bertz CT molecular complexity index is 704. The van der Waals surface area contributed by atoms with Gasteiger partial charge in [-0.1, -0.05) is 5.16 Å². The van der Waals surface area contributed by atoms with Gasteiger partial charge in [-0.3, -0.25) is 9.59 Å². The Morgan fingerprint density at radius 2 is 2.04 bits per heavy atom. The van der Waals surface area contributed by atoms with Crippen molar-refractivity contribution in [3.63, 3.8) is 0 Å². The van der Waals surface area contributed by atoms with E-state index in [0.29, 0.717) is 17.2 Å².